The molecule has 2 heterocycles. The van der Waals surface area contributed by atoms with Gasteiger partial charge in [-0.2, -0.15) is 0 Å². The maximum absolute atomic E-state index is 5.99. The van der Waals surface area contributed by atoms with E-state index < -0.39 is 0 Å². The lowest BCUT2D eigenvalue weighted by Gasteiger charge is -2.28. The van der Waals surface area contributed by atoms with E-state index in [1.165, 1.54) is 24.0 Å². The summed E-state index contributed by atoms with van der Waals surface area (Å²) in [6, 6.07) is 2.03. The summed E-state index contributed by atoms with van der Waals surface area (Å²) in [5.74, 6) is 1.49. The normalized spacial score (nSPS) is 28.7. The van der Waals surface area contributed by atoms with E-state index >= 15 is 0 Å². The molecular formula is C13H15ClN2. The maximum Gasteiger partial charge on any atom is 0.0595 e. The van der Waals surface area contributed by atoms with Gasteiger partial charge >= 0.3 is 0 Å². The van der Waals surface area contributed by atoms with Crippen LogP contribution in [0.4, 0.5) is 0 Å². The van der Waals surface area contributed by atoms with Crippen LogP contribution in [0.2, 0.25) is 5.02 Å². The monoisotopic (exact) mass is 234 g/mol. The zero-order valence-corrected chi connectivity index (χ0v) is 9.87. The quantitative estimate of drug-likeness (QED) is 0.808. The lowest BCUT2D eigenvalue weighted by molar-refractivity contribution is 0.328. The molecule has 1 aliphatic carbocycles. The molecule has 2 aliphatic rings. The van der Waals surface area contributed by atoms with Crippen molar-refractivity contribution < 1.29 is 0 Å². The van der Waals surface area contributed by atoms with Crippen molar-refractivity contribution in [2.45, 2.75) is 12.8 Å². The fourth-order valence-corrected chi connectivity index (χ4v) is 3.06. The topological polar surface area (TPSA) is 24.9 Å². The first kappa shape index (κ1) is 10.3. The summed E-state index contributed by atoms with van der Waals surface area (Å²) < 4.78 is 0. The minimum Gasteiger partial charge on any atom is -0.316 e. The number of fused-ring (bicyclic) bond motifs is 1. The van der Waals surface area contributed by atoms with E-state index in [1.54, 1.807) is 6.20 Å². The van der Waals surface area contributed by atoms with Crippen LogP contribution in [-0.4, -0.2) is 18.1 Å². The van der Waals surface area contributed by atoms with E-state index in [4.69, 9.17) is 11.6 Å². The minimum atomic E-state index is 0.661. The van der Waals surface area contributed by atoms with Gasteiger partial charge in [-0.05, 0) is 48.4 Å². The molecule has 1 aromatic rings. The van der Waals surface area contributed by atoms with Crippen molar-refractivity contribution in [2.75, 3.05) is 13.1 Å². The average Bonchev–Trinajstić information content (AvgIpc) is 2.72. The Morgan fingerprint density at radius 3 is 3.19 bits per heavy atom. The summed E-state index contributed by atoms with van der Waals surface area (Å²) in [6.45, 7) is 2.26. The standard InChI is InChI=1S/C13H15ClN2/c14-11-5-10(6-16-7-11)12-2-1-9-3-4-15-8-13(9)12/h2,5-7,9,13,15H,1,3-4,8H2/t9-,13+/m1/s1. The highest BCUT2D eigenvalue weighted by Gasteiger charge is 2.32. The number of aromatic nitrogens is 1. The van der Waals surface area contributed by atoms with Crippen molar-refractivity contribution >= 4 is 17.2 Å². The smallest absolute Gasteiger partial charge is 0.0595 e. The molecule has 1 aliphatic heterocycles. The highest BCUT2D eigenvalue weighted by atomic mass is 35.5. The Labute approximate surface area is 101 Å². The van der Waals surface area contributed by atoms with Crippen LogP contribution in [0.3, 0.4) is 0 Å². The van der Waals surface area contributed by atoms with Gasteiger partial charge in [-0.25, -0.2) is 0 Å². The second kappa shape index (κ2) is 4.19. The number of pyridine rings is 1. The fourth-order valence-electron chi connectivity index (χ4n) is 2.89. The van der Waals surface area contributed by atoms with E-state index in [1.807, 2.05) is 12.3 Å². The van der Waals surface area contributed by atoms with Gasteiger partial charge < -0.3 is 5.32 Å². The zero-order valence-electron chi connectivity index (χ0n) is 9.12. The second-order valence-corrected chi connectivity index (χ2v) is 5.08. The second-order valence-electron chi connectivity index (χ2n) is 4.65. The van der Waals surface area contributed by atoms with Gasteiger partial charge in [0, 0.05) is 18.9 Å². The highest BCUT2D eigenvalue weighted by Crippen LogP contribution is 2.41. The Kier molecular flexibility index (Phi) is 2.70. The third-order valence-corrected chi connectivity index (χ3v) is 3.91. The summed E-state index contributed by atoms with van der Waals surface area (Å²) in [4.78, 5) is 4.17. The molecule has 0 aromatic carbocycles. The van der Waals surface area contributed by atoms with Gasteiger partial charge in [0.2, 0.25) is 0 Å². The first-order valence-electron chi connectivity index (χ1n) is 5.86. The lowest BCUT2D eigenvalue weighted by atomic mass is 9.84. The SMILES string of the molecule is Clc1cncc(C2=CC[C@@H]3CCNC[C@H]23)c1. The highest BCUT2D eigenvalue weighted by molar-refractivity contribution is 6.30. The van der Waals surface area contributed by atoms with Crippen molar-refractivity contribution in [1.29, 1.82) is 0 Å². The number of allylic oxidation sites excluding steroid dienone is 1. The van der Waals surface area contributed by atoms with Gasteiger partial charge in [0.25, 0.3) is 0 Å². The molecule has 0 saturated carbocycles. The molecule has 16 heavy (non-hydrogen) atoms. The molecule has 2 nitrogen and oxygen atoms in total. The molecule has 0 amide bonds. The molecule has 1 saturated heterocycles. The minimum absolute atomic E-state index is 0.661. The number of rotatable bonds is 1. The molecule has 3 rings (SSSR count). The first-order valence-corrected chi connectivity index (χ1v) is 6.24. The predicted molar refractivity (Wildman–Crippen MR) is 66.3 cm³/mol. The lowest BCUT2D eigenvalue weighted by Crippen LogP contribution is -2.34. The number of piperidine rings is 1. The molecular weight excluding hydrogens is 220 g/mol. The largest absolute Gasteiger partial charge is 0.316 e. The molecule has 1 N–H and O–H groups in total. The van der Waals surface area contributed by atoms with Crippen molar-refractivity contribution in [3.63, 3.8) is 0 Å². The van der Waals surface area contributed by atoms with Crippen molar-refractivity contribution in [3.05, 3.63) is 35.1 Å². The third-order valence-electron chi connectivity index (χ3n) is 3.70. The summed E-state index contributed by atoms with van der Waals surface area (Å²) in [5, 5.41) is 4.20. The Hall–Kier alpha value is -0.860. The third kappa shape index (κ3) is 1.76. The maximum atomic E-state index is 5.99. The van der Waals surface area contributed by atoms with E-state index in [2.05, 4.69) is 16.4 Å². The van der Waals surface area contributed by atoms with Crippen molar-refractivity contribution in [1.82, 2.24) is 10.3 Å². The Morgan fingerprint density at radius 2 is 2.31 bits per heavy atom. The van der Waals surface area contributed by atoms with Gasteiger partial charge in [0.15, 0.2) is 0 Å². The van der Waals surface area contributed by atoms with Crippen LogP contribution in [-0.2, 0) is 0 Å². The Bertz CT molecular complexity index is 428. The van der Waals surface area contributed by atoms with Crippen LogP contribution in [0.25, 0.3) is 5.57 Å². The van der Waals surface area contributed by atoms with E-state index in [0.29, 0.717) is 5.92 Å². The number of halogens is 1. The summed E-state index contributed by atoms with van der Waals surface area (Å²) in [6.07, 6.45) is 8.49. The van der Waals surface area contributed by atoms with Crippen LogP contribution in [0, 0.1) is 11.8 Å². The number of nitrogens with zero attached hydrogens (tertiary/aromatic N) is 1. The molecule has 0 bridgehead atoms. The first-order chi connectivity index (χ1) is 7.84. The summed E-state index contributed by atoms with van der Waals surface area (Å²) in [7, 11) is 0. The van der Waals surface area contributed by atoms with Gasteiger partial charge in [0.1, 0.15) is 0 Å². The number of hydrogen-bond acceptors (Lipinski definition) is 2. The van der Waals surface area contributed by atoms with Crippen LogP contribution in [0.1, 0.15) is 18.4 Å². The summed E-state index contributed by atoms with van der Waals surface area (Å²) >= 11 is 5.99. The fraction of sp³-hybridized carbons (Fsp3) is 0.462. The summed E-state index contributed by atoms with van der Waals surface area (Å²) in [5.41, 5.74) is 2.64. The number of hydrogen-bond donors (Lipinski definition) is 1. The Balaban J connectivity index is 1.90. The molecule has 84 valence electrons. The zero-order chi connectivity index (χ0) is 11.0. The molecule has 0 spiro atoms. The average molecular weight is 235 g/mol. The Morgan fingerprint density at radius 1 is 1.38 bits per heavy atom. The van der Waals surface area contributed by atoms with Crippen molar-refractivity contribution in [3.8, 4) is 0 Å². The van der Waals surface area contributed by atoms with Crippen LogP contribution >= 0.6 is 11.6 Å². The molecule has 0 radical (unpaired) electrons. The van der Waals surface area contributed by atoms with Crippen molar-refractivity contribution in [2.24, 2.45) is 11.8 Å². The van der Waals surface area contributed by atoms with E-state index in [-0.39, 0.29) is 0 Å². The molecule has 1 fully saturated rings. The molecule has 2 atom stereocenters. The van der Waals surface area contributed by atoms with Gasteiger partial charge in [-0.3, -0.25) is 4.98 Å². The van der Waals surface area contributed by atoms with Gasteiger partial charge in [-0.15, -0.1) is 0 Å². The van der Waals surface area contributed by atoms with E-state index in [0.717, 1.165) is 24.0 Å². The van der Waals surface area contributed by atoms with Crippen LogP contribution in [0.5, 0.6) is 0 Å². The van der Waals surface area contributed by atoms with Crippen LogP contribution < -0.4 is 5.32 Å². The molecule has 3 heteroatoms. The van der Waals surface area contributed by atoms with Gasteiger partial charge in [0.05, 0.1) is 5.02 Å². The van der Waals surface area contributed by atoms with E-state index in [9.17, 15) is 0 Å². The van der Waals surface area contributed by atoms with Crippen LogP contribution in [0.15, 0.2) is 24.5 Å². The van der Waals surface area contributed by atoms with Gasteiger partial charge in [-0.1, -0.05) is 17.7 Å². The molecule has 0 unspecified atom stereocenters. The molecule has 1 aromatic heterocycles. The predicted octanol–water partition coefficient (Wildman–Crippen LogP) is 2.75. The number of nitrogens with one attached hydrogen (secondary N) is 1.